The van der Waals surface area contributed by atoms with Gasteiger partial charge in [0.15, 0.2) is 0 Å². The molecule has 0 aliphatic rings. The molecule has 0 atom stereocenters. The van der Waals surface area contributed by atoms with Crippen LogP contribution in [0.5, 0.6) is 0 Å². The number of hydrogen-bond acceptors (Lipinski definition) is 4. The summed E-state index contributed by atoms with van der Waals surface area (Å²) in [6.45, 7) is 1.08. The molecule has 1 amide bonds. The number of amides is 1. The molecule has 0 unspecified atom stereocenters. The van der Waals surface area contributed by atoms with Gasteiger partial charge in [0.25, 0.3) is 5.91 Å². The van der Waals surface area contributed by atoms with Crippen LogP contribution < -0.4 is 11.3 Å². The Labute approximate surface area is 107 Å². The third-order valence-electron chi connectivity index (χ3n) is 2.30. The summed E-state index contributed by atoms with van der Waals surface area (Å²) in [6, 6.07) is 7.52. The fraction of sp³-hybridized carbons (Fsp3) is 0.417. The van der Waals surface area contributed by atoms with E-state index in [1.807, 2.05) is 23.9 Å². The number of thioether (sulfide) groups is 1. The van der Waals surface area contributed by atoms with Gasteiger partial charge in [0, 0.05) is 23.6 Å². The van der Waals surface area contributed by atoms with Gasteiger partial charge in [0.1, 0.15) is 0 Å². The molecule has 0 aromatic heterocycles. The normalized spacial score (nSPS) is 10.6. The van der Waals surface area contributed by atoms with Crippen LogP contribution in [0, 0.1) is 0 Å². The molecule has 0 radical (unpaired) electrons. The van der Waals surface area contributed by atoms with Crippen LogP contribution in [0.4, 0.5) is 0 Å². The molecule has 0 bridgehead atoms. The van der Waals surface area contributed by atoms with Gasteiger partial charge in [-0.05, 0) is 31.8 Å². The van der Waals surface area contributed by atoms with Gasteiger partial charge >= 0.3 is 0 Å². The van der Waals surface area contributed by atoms with Crippen molar-refractivity contribution in [2.45, 2.75) is 5.75 Å². The van der Waals surface area contributed by atoms with Gasteiger partial charge in [-0.2, -0.15) is 11.8 Å². The third-order valence-corrected chi connectivity index (χ3v) is 3.31. The standard InChI is InChI=1S/C12H19N3OS/c1-15(2)7-8-17-9-10-3-5-11(6-4-10)12(16)14-13/h3-6H,7-9,13H2,1-2H3,(H,14,16). The Balaban J connectivity index is 2.38. The van der Waals surface area contributed by atoms with E-state index in [9.17, 15) is 4.79 Å². The Kier molecular flexibility index (Phi) is 6.04. The largest absolute Gasteiger partial charge is 0.309 e. The molecule has 4 nitrogen and oxygen atoms in total. The van der Waals surface area contributed by atoms with Crippen molar-refractivity contribution < 1.29 is 4.79 Å². The number of nitrogens with two attached hydrogens (primary N) is 1. The molecule has 1 aromatic carbocycles. The highest BCUT2D eigenvalue weighted by Gasteiger charge is 2.02. The smallest absolute Gasteiger partial charge is 0.265 e. The lowest BCUT2D eigenvalue weighted by Crippen LogP contribution is -2.29. The minimum Gasteiger partial charge on any atom is -0.309 e. The van der Waals surface area contributed by atoms with Crippen LogP contribution in [-0.2, 0) is 5.75 Å². The molecule has 1 rings (SSSR count). The van der Waals surface area contributed by atoms with Crippen LogP contribution in [0.25, 0.3) is 0 Å². The molecular weight excluding hydrogens is 234 g/mol. The maximum absolute atomic E-state index is 11.2. The number of nitrogen functional groups attached to an aromatic ring is 1. The number of carbonyl (C=O) groups excluding carboxylic acids is 1. The maximum Gasteiger partial charge on any atom is 0.265 e. The minimum atomic E-state index is -0.253. The Morgan fingerprint density at radius 3 is 2.53 bits per heavy atom. The number of benzene rings is 1. The van der Waals surface area contributed by atoms with E-state index in [-0.39, 0.29) is 5.91 Å². The zero-order valence-electron chi connectivity index (χ0n) is 10.3. The lowest BCUT2D eigenvalue weighted by atomic mass is 10.1. The molecule has 0 aliphatic carbocycles. The molecule has 1 aromatic rings. The summed E-state index contributed by atoms with van der Waals surface area (Å²) < 4.78 is 0. The minimum absolute atomic E-state index is 0.253. The SMILES string of the molecule is CN(C)CCSCc1ccc(C(=O)NN)cc1. The lowest BCUT2D eigenvalue weighted by molar-refractivity contribution is 0.0953. The van der Waals surface area contributed by atoms with E-state index >= 15 is 0 Å². The van der Waals surface area contributed by atoms with Gasteiger partial charge in [0.2, 0.25) is 0 Å². The molecule has 94 valence electrons. The first-order valence-corrected chi connectivity index (χ1v) is 6.61. The first-order chi connectivity index (χ1) is 8.13. The molecule has 3 N–H and O–H groups in total. The number of nitrogens with one attached hydrogen (secondary N) is 1. The van der Waals surface area contributed by atoms with E-state index in [4.69, 9.17) is 5.84 Å². The summed E-state index contributed by atoms with van der Waals surface area (Å²) in [4.78, 5) is 13.4. The van der Waals surface area contributed by atoms with Gasteiger partial charge in [-0.25, -0.2) is 5.84 Å². The van der Waals surface area contributed by atoms with Crippen LogP contribution in [0.3, 0.4) is 0 Å². The van der Waals surface area contributed by atoms with Crippen molar-refractivity contribution in [3.05, 3.63) is 35.4 Å². The van der Waals surface area contributed by atoms with Crippen molar-refractivity contribution in [1.29, 1.82) is 0 Å². The summed E-state index contributed by atoms with van der Waals surface area (Å²) in [5, 5.41) is 0. The molecule has 0 saturated carbocycles. The fourth-order valence-corrected chi connectivity index (χ4v) is 2.34. The van der Waals surface area contributed by atoms with Crippen molar-refractivity contribution in [3.63, 3.8) is 0 Å². The maximum atomic E-state index is 11.2. The summed E-state index contributed by atoms with van der Waals surface area (Å²) >= 11 is 1.89. The molecule has 0 heterocycles. The second kappa shape index (κ2) is 7.32. The first kappa shape index (κ1) is 14.0. The van der Waals surface area contributed by atoms with Crippen molar-refractivity contribution in [2.75, 3.05) is 26.4 Å². The molecule has 0 aliphatic heterocycles. The molecular formula is C12H19N3OS. The number of hydrazine groups is 1. The van der Waals surface area contributed by atoms with Gasteiger partial charge < -0.3 is 4.90 Å². The number of hydrogen-bond donors (Lipinski definition) is 2. The zero-order valence-corrected chi connectivity index (χ0v) is 11.1. The van der Waals surface area contributed by atoms with Crippen LogP contribution in [0.2, 0.25) is 0 Å². The van der Waals surface area contributed by atoms with Crippen molar-refractivity contribution in [1.82, 2.24) is 10.3 Å². The average Bonchev–Trinajstić information content (AvgIpc) is 2.34. The highest BCUT2D eigenvalue weighted by atomic mass is 32.2. The Morgan fingerprint density at radius 1 is 1.35 bits per heavy atom. The van der Waals surface area contributed by atoms with Crippen LogP contribution >= 0.6 is 11.8 Å². The average molecular weight is 253 g/mol. The van der Waals surface area contributed by atoms with Crippen LogP contribution in [0.1, 0.15) is 15.9 Å². The van der Waals surface area contributed by atoms with E-state index < -0.39 is 0 Å². The molecule has 5 heteroatoms. The van der Waals surface area contributed by atoms with E-state index in [2.05, 4.69) is 24.4 Å². The topological polar surface area (TPSA) is 58.4 Å². The van der Waals surface area contributed by atoms with E-state index in [0.717, 1.165) is 18.1 Å². The highest BCUT2D eigenvalue weighted by molar-refractivity contribution is 7.98. The number of nitrogens with zero attached hydrogens (tertiary/aromatic N) is 1. The highest BCUT2D eigenvalue weighted by Crippen LogP contribution is 2.13. The summed E-state index contributed by atoms with van der Waals surface area (Å²) in [7, 11) is 4.14. The predicted octanol–water partition coefficient (Wildman–Crippen LogP) is 1.08. The van der Waals surface area contributed by atoms with Crippen LogP contribution in [0.15, 0.2) is 24.3 Å². The zero-order chi connectivity index (χ0) is 12.7. The Morgan fingerprint density at radius 2 is 2.00 bits per heavy atom. The van der Waals surface area contributed by atoms with Crippen molar-refractivity contribution in [3.8, 4) is 0 Å². The van der Waals surface area contributed by atoms with E-state index in [1.54, 1.807) is 12.1 Å². The number of rotatable bonds is 6. The molecule has 0 fully saturated rings. The monoisotopic (exact) mass is 253 g/mol. The van der Waals surface area contributed by atoms with Crippen molar-refractivity contribution >= 4 is 17.7 Å². The van der Waals surface area contributed by atoms with Crippen molar-refractivity contribution in [2.24, 2.45) is 5.84 Å². The predicted molar refractivity (Wildman–Crippen MR) is 72.8 cm³/mol. The Bertz CT molecular complexity index is 351. The molecule has 0 spiro atoms. The van der Waals surface area contributed by atoms with E-state index in [0.29, 0.717) is 5.56 Å². The van der Waals surface area contributed by atoms with Gasteiger partial charge in [-0.1, -0.05) is 12.1 Å². The molecule has 17 heavy (non-hydrogen) atoms. The first-order valence-electron chi connectivity index (χ1n) is 5.46. The second-order valence-electron chi connectivity index (χ2n) is 4.03. The Hall–Kier alpha value is -1.04. The second-order valence-corrected chi connectivity index (χ2v) is 5.13. The molecule has 0 saturated heterocycles. The van der Waals surface area contributed by atoms with Gasteiger partial charge in [0.05, 0.1) is 0 Å². The van der Waals surface area contributed by atoms with Gasteiger partial charge in [-0.15, -0.1) is 0 Å². The lowest BCUT2D eigenvalue weighted by Gasteiger charge is -2.08. The van der Waals surface area contributed by atoms with Crippen LogP contribution in [-0.4, -0.2) is 37.2 Å². The quantitative estimate of drug-likeness (QED) is 0.345. The number of carbonyl (C=O) groups is 1. The summed E-state index contributed by atoms with van der Waals surface area (Å²) in [6.07, 6.45) is 0. The third kappa shape index (κ3) is 5.21. The van der Waals surface area contributed by atoms with Gasteiger partial charge in [-0.3, -0.25) is 10.2 Å². The van der Waals surface area contributed by atoms with E-state index in [1.165, 1.54) is 5.56 Å². The summed E-state index contributed by atoms with van der Waals surface area (Å²) in [5.41, 5.74) is 3.93. The fourth-order valence-electron chi connectivity index (χ4n) is 1.27. The summed E-state index contributed by atoms with van der Waals surface area (Å²) in [5.74, 6) is 6.89.